The van der Waals surface area contributed by atoms with Gasteiger partial charge in [-0.05, 0) is 24.3 Å². The van der Waals surface area contributed by atoms with Gasteiger partial charge < -0.3 is 0 Å². The molecule has 2 heterocycles. The number of fused-ring (bicyclic) bond motifs is 2. The van der Waals surface area contributed by atoms with E-state index in [2.05, 4.69) is 20.0 Å². The van der Waals surface area contributed by atoms with Gasteiger partial charge in [-0.2, -0.15) is 20.0 Å². The number of benzene rings is 2. The average Bonchev–Trinajstić information content (AvgIpc) is 2.99. The van der Waals surface area contributed by atoms with Gasteiger partial charge in [0.25, 0.3) is 0 Å². The summed E-state index contributed by atoms with van der Waals surface area (Å²) in [6.45, 7) is 0. The molecule has 6 nitrogen and oxygen atoms in total. The van der Waals surface area contributed by atoms with Crippen molar-refractivity contribution in [3.05, 3.63) is 70.0 Å². The van der Waals surface area contributed by atoms with Crippen LogP contribution in [0, 0.1) is 0 Å². The Bertz CT molecular complexity index is 794. The molecule has 0 radical (unpaired) electrons. The molecule has 4 rings (SSSR count). The summed E-state index contributed by atoms with van der Waals surface area (Å²) in [5.41, 5.74) is 0. The Labute approximate surface area is 112 Å². The maximum Gasteiger partial charge on any atom is 0.368 e. The second kappa shape index (κ2) is 4.93. The summed E-state index contributed by atoms with van der Waals surface area (Å²) in [6.07, 6.45) is 0. The van der Waals surface area contributed by atoms with E-state index in [4.69, 9.17) is 0 Å². The second-order valence-electron chi connectivity index (χ2n) is 3.99. The van der Waals surface area contributed by atoms with Crippen LogP contribution in [0.2, 0.25) is 0 Å². The summed E-state index contributed by atoms with van der Waals surface area (Å²) >= 11 is 0. The van der Waals surface area contributed by atoms with Gasteiger partial charge in [0.05, 0.1) is 21.4 Å². The van der Waals surface area contributed by atoms with Crippen molar-refractivity contribution in [2.75, 3.05) is 0 Å². The molecule has 2 aromatic rings. The monoisotopic (exact) mass is 264 g/mol. The Kier molecular flexibility index (Phi) is 2.96. The molecule has 0 aliphatic carbocycles. The molecular formula is C14H8N4O2. The van der Waals surface area contributed by atoms with E-state index in [0.717, 1.165) is 0 Å². The average molecular weight is 264 g/mol. The van der Waals surface area contributed by atoms with Crippen LogP contribution in [0.5, 0.6) is 0 Å². The van der Waals surface area contributed by atoms with E-state index in [1.54, 1.807) is 24.3 Å². The molecule has 96 valence electrons. The summed E-state index contributed by atoms with van der Waals surface area (Å²) in [5, 5.41) is 2.69. The highest BCUT2D eigenvalue weighted by atomic mass is 16.2. The van der Waals surface area contributed by atoms with Crippen molar-refractivity contribution in [3.63, 3.8) is 0 Å². The SMILES string of the molecule is O=C1N=c2ccccc2=N1.O=C1N=c2ccccc2=N1. The third-order valence-electron chi connectivity index (χ3n) is 2.63. The number of para-hydroxylation sites is 4. The minimum atomic E-state index is -0.402. The van der Waals surface area contributed by atoms with Gasteiger partial charge in [-0.15, -0.1) is 0 Å². The Balaban J connectivity index is 0.000000121. The number of nitrogens with zero attached hydrogens (tertiary/aromatic N) is 4. The van der Waals surface area contributed by atoms with Crippen molar-refractivity contribution in [2.45, 2.75) is 0 Å². The third kappa shape index (κ3) is 2.39. The summed E-state index contributed by atoms with van der Waals surface area (Å²) in [4.78, 5) is 35.7. The first kappa shape index (κ1) is 12.0. The van der Waals surface area contributed by atoms with Gasteiger partial charge in [0.1, 0.15) is 0 Å². The van der Waals surface area contributed by atoms with Crippen molar-refractivity contribution in [2.24, 2.45) is 20.0 Å². The van der Waals surface area contributed by atoms with Gasteiger partial charge in [-0.3, -0.25) is 0 Å². The molecule has 0 fully saturated rings. The minimum absolute atomic E-state index is 0.402. The van der Waals surface area contributed by atoms with Crippen LogP contribution in [0.3, 0.4) is 0 Å². The van der Waals surface area contributed by atoms with Crippen LogP contribution in [0.4, 0.5) is 9.59 Å². The quantitative estimate of drug-likeness (QED) is 0.677. The molecule has 2 aliphatic rings. The van der Waals surface area contributed by atoms with Crippen molar-refractivity contribution in [1.82, 2.24) is 0 Å². The highest BCUT2D eigenvalue weighted by Crippen LogP contribution is 1.83. The molecule has 0 saturated heterocycles. The topological polar surface area (TPSA) is 83.6 Å². The number of carbonyl (C=O) groups is 2. The zero-order chi connectivity index (χ0) is 13.9. The zero-order valence-electron chi connectivity index (χ0n) is 10.2. The van der Waals surface area contributed by atoms with Crippen LogP contribution in [-0.4, -0.2) is 12.1 Å². The Morgan fingerprint density at radius 1 is 0.500 bits per heavy atom. The summed E-state index contributed by atoms with van der Waals surface area (Å²) < 4.78 is 0. The lowest BCUT2D eigenvalue weighted by Crippen LogP contribution is -2.19. The molecule has 0 N–H and O–H groups in total. The molecule has 2 aromatic carbocycles. The van der Waals surface area contributed by atoms with Crippen LogP contribution < -0.4 is 21.4 Å². The molecule has 0 spiro atoms. The number of hydrogen-bond acceptors (Lipinski definition) is 2. The molecule has 4 amide bonds. The lowest BCUT2D eigenvalue weighted by molar-refractivity contribution is 0.256. The molecule has 0 unspecified atom stereocenters. The van der Waals surface area contributed by atoms with E-state index in [0.29, 0.717) is 21.4 Å². The van der Waals surface area contributed by atoms with E-state index in [9.17, 15) is 9.59 Å². The van der Waals surface area contributed by atoms with Crippen LogP contribution in [-0.2, 0) is 0 Å². The van der Waals surface area contributed by atoms with Crippen LogP contribution in [0.15, 0.2) is 68.5 Å². The number of amides is 4. The van der Waals surface area contributed by atoms with Gasteiger partial charge in [0, 0.05) is 0 Å². The van der Waals surface area contributed by atoms with Gasteiger partial charge in [0.2, 0.25) is 0 Å². The van der Waals surface area contributed by atoms with Crippen LogP contribution in [0.1, 0.15) is 0 Å². The smallest absolute Gasteiger partial charge is 0.244 e. The van der Waals surface area contributed by atoms with Crippen molar-refractivity contribution in [1.29, 1.82) is 0 Å². The molecular weight excluding hydrogens is 256 g/mol. The van der Waals surface area contributed by atoms with Gasteiger partial charge in [0.15, 0.2) is 0 Å². The molecule has 0 aromatic heterocycles. The van der Waals surface area contributed by atoms with Crippen molar-refractivity contribution >= 4 is 12.1 Å². The predicted molar refractivity (Wildman–Crippen MR) is 68.3 cm³/mol. The molecule has 0 atom stereocenters. The number of rotatable bonds is 0. The maximum absolute atomic E-state index is 10.6. The predicted octanol–water partition coefficient (Wildman–Crippen LogP) is 0.119. The standard InChI is InChI=1S/2C7H4N2O/c2*10-7-8-5-3-1-2-4-6(5)9-7/h2*1-4H. The first-order valence-corrected chi connectivity index (χ1v) is 5.85. The largest absolute Gasteiger partial charge is 0.368 e. The third-order valence-corrected chi connectivity index (χ3v) is 2.63. The molecule has 2 aliphatic heterocycles. The normalized spacial score (nSPS) is 13.8. The summed E-state index contributed by atoms with van der Waals surface area (Å²) in [6, 6.07) is 13.6. The molecule has 0 bridgehead atoms. The molecule has 6 heteroatoms. The number of carbonyl (C=O) groups excluding carboxylic acids is 2. The molecule has 0 saturated carbocycles. The lowest BCUT2D eigenvalue weighted by Gasteiger charge is -1.75. The van der Waals surface area contributed by atoms with Gasteiger partial charge in [-0.1, -0.05) is 24.3 Å². The van der Waals surface area contributed by atoms with Gasteiger partial charge >= 0.3 is 12.1 Å². The first-order valence-electron chi connectivity index (χ1n) is 5.85. The van der Waals surface area contributed by atoms with Crippen molar-refractivity contribution < 1.29 is 9.59 Å². The Hall–Kier alpha value is -3.02. The first-order chi connectivity index (χ1) is 9.72. The van der Waals surface area contributed by atoms with E-state index < -0.39 is 12.1 Å². The Morgan fingerprint density at radius 3 is 1.00 bits per heavy atom. The van der Waals surface area contributed by atoms with Crippen molar-refractivity contribution in [3.8, 4) is 0 Å². The van der Waals surface area contributed by atoms with Gasteiger partial charge in [-0.25, -0.2) is 9.59 Å². The van der Waals surface area contributed by atoms with E-state index >= 15 is 0 Å². The minimum Gasteiger partial charge on any atom is -0.244 e. The van der Waals surface area contributed by atoms with Crippen LogP contribution in [0.25, 0.3) is 0 Å². The number of urea groups is 2. The highest BCUT2D eigenvalue weighted by Gasteiger charge is 2.02. The van der Waals surface area contributed by atoms with E-state index in [-0.39, 0.29) is 0 Å². The fraction of sp³-hybridized carbons (Fsp3) is 0. The maximum atomic E-state index is 10.6. The summed E-state index contributed by atoms with van der Waals surface area (Å²) in [5.74, 6) is 0. The van der Waals surface area contributed by atoms with E-state index in [1.807, 2.05) is 24.3 Å². The fourth-order valence-corrected chi connectivity index (χ4v) is 1.77. The second-order valence-corrected chi connectivity index (χ2v) is 3.99. The van der Waals surface area contributed by atoms with E-state index in [1.165, 1.54) is 0 Å². The molecule has 20 heavy (non-hydrogen) atoms. The Morgan fingerprint density at radius 2 is 0.750 bits per heavy atom. The fourth-order valence-electron chi connectivity index (χ4n) is 1.77. The van der Waals surface area contributed by atoms with Crippen LogP contribution >= 0.6 is 0 Å². The lowest BCUT2D eigenvalue weighted by atomic mass is 10.3. The number of hydrogen-bond donors (Lipinski definition) is 0. The zero-order valence-corrected chi connectivity index (χ0v) is 10.2. The summed E-state index contributed by atoms with van der Waals surface area (Å²) in [7, 11) is 0. The highest BCUT2D eigenvalue weighted by molar-refractivity contribution is 5.77.